The first-order valence-electron chi connectivity index (χ1n) is 10.1. The second kappa shape index (κ2) is 8.57. The van der Waals surface area contributed by atoms with Gasteiger partial charge in [-0.1, -0.05) is 39.3 Å². The van der Waals surface area contributed by atoms with Gasteiger partial charge in [0.25, 0.3) is 5.91 Å². The first-order valence-corrected chi connectivity index (χ1v) is 10.5. The summed E-state index contributed by atoms with van der Waals surface area (Å²) in [6.45, 7) is 12.1. The standard InChI is InChI=1S/C22H29ClN4O2/c1-14(2)20-19(22(29)26-12-10-25(11-13-26)16(5)28)21(15(3)4)27(24-20)18-8-6-17(23)7-9-18/h6-9,14-15H,10-13H2,1-5H3. The van der Waals surface area contributed by atoms with E-state index >= 15 is 0 Å². The number of hydrogen-bond acceptors (Lipinski definition) is 3. The van der Waals surface area contributed by atoms with Gasteiger partial charge < -0.3 is 9.80 Å². The molecule has 1 aliphatic rings. The van der Waals surface area contributed by atoms with Crippen LogP contribution < -0.4 is 0 Å². The quantitative estimate of drug-likeness (QED) is 0.754. The van der Waals surface area contributed by atoms with Gasteiger partial charge in [0.1, 0.15) is 0 Å². The zero-order valence-corrected chi connectivity index (χ0v) is 18.5. The Kier molecular flexibility index (Phi) is 6.32. The molecule has 29 heavy (non-hydrogen) atoms. The van der Waals surface area contributed by atoms with E-state index in [9.17, 15) is 9.59 Å². The first-order chi connectivity index (χ1) is 13.7. The second-order valence-corrected chi connectivity index (χ2v) is 8.58. The van der Waals surface area contributed by atoms with E-state index in [2.05, 4.69) is 27.7 Å². The molecule has 1 aliphatic heterocycles. The predicted molar refractivity (Wildman–Crippen MR) is 115 cm³/mol. The third-order valence-electron chi connectivity index (χ3n) is 5.34. The molecule has 1 aromatic carbocycles. The molecule has 2 aromatic rings. The third kappa shape index (κ3) is 4.32. The molecule has 1 aromatic heterocycles. The molecule has 0 radical (unpaired) electrons. The van der Waals surface area contributed by atoms with Gasteiger partial charge in [-0.25, -0.2) is 4.68 Å². The Balaban J connectivity index is 2.04. The number of carbonyl (C=O) groups excluding carboxylic acids is 2. The Labute approximate surface area is 177 Å². The van der Waals surface area contributed by atoms with Crippen LogP contribution >= 0.6 is 11.6 Å². The third-order valence-corrected chi connectivity index (χ3v) is 5.59. The maximum atomic E-state index is 13.6. The van der Waals surface area contributed by atoms with E-state index in [-0.39, 0.29) is 23.7 Å². The Bertz CT molecular complexity index is 894. The average molecular weight is 417 g/mol. The van der Waals surface area contributed by atoms with Crippen molar-refractivity contribution in [1.82, 2.24) is 19.6 Å². The van der Waals surface area contributed by atoms with Crippen molar-refractivity contribution in [2.24, 2.45) is 0 Å². The number of aromatic nitrogens is 2. The number of amides is 2. The van der Waals surface area contributed by atoms with Gasteiger partial charge >= 0.3 is 0 Å². The minimum Gasteiger partial charge on any atom is -0.339 e. The highest BCUT2D eigenvalue weighted by Crippen LogP contribution is 2.31. The van der Waals surface area contributed by atoms with Crippen molar-refractivity contribution in [2.45, 2.75) is 46.5 Å². The summed E-state index contributed by atoms with van der Waals surface area (Å²) in [5.41, 5.74) is 3.30. The molecule has 0 N–H and O–H groups in total. The molecule has 0 bridgehead atoms. The van der Waals surface area contributed by atoms with Gasteiger partial charge in [0.15, 0.2) is 0 Å². The van der Waals surface area contributed by atoms with Gasteiger partial charge in [0, 0.05) is 38.1 Å². The van der Waals surface area contributed by atoms with Gasteiger partial charge in [0.05, 0.1) is 22.6 Å². The van der Waals surface area contributed by atoms with Gasteiger partial charge in [-0.2, -0.15) is 5.10 Å². The number of nitrogens with zero attached hydrogens (tertiary/aromatic N) is 4. The normalized spacial score (nSPS) is 14.8. The van der Waals surface area contributed by atoms with Crippen LogP contribution in [0.1, 0.15) is 68.2 Å². The van der Waals surface area contributed by atoms with Crippen LogP contribution in [0.5, 0.6) is 0 Å². The lowest BCUT2D eigenvalue weighted by atomic mass is 9.97. The fourth-order valence-electron chi connectivity index (χ4n) is 3.77. The molecule has 0 saturated carbocycles. The Morgan fingerprint density at radius 1 is 0.931 bits per heavy atom. The molecular formula is C22H29ClN4O2. The summed E-state index contributed by atoms with van der Waals surface area (Å²) in [4.78, 5) is 28.8. The van der Waals surface area contributed by atoms with Crippen molar-refractivity contribution < 1.29 is 9.59 Å². The van der Waals surface area contributed by atoms with E-state index in [0.29, 0.717) is 36.8 Å². The molecule has 1 saturated heterocycles. The van der Waals surface area contributed by atoms with Crippen LogP contribution in [0.4, 0.5) is 0 Å². The summed E-state index contributed by atoms with van der Waals surface area (Å²) in [5.74, 6) is 0.279. The van der Waals surface area contributed by atoms with E-state index in [1.54, 1.807) is 11.8 Å². The van der Waals surface area contributed by atoms with Crippen LogP contribution in [-0.2, 0) is 4.79 Å². The minimum atomic E-state index is 0.000755. The van der Waals surface area contributed by atoms with Crippen molar-refractivity contribution >= 4 is 23.4 Å². The second-order valence-electron chi connectivity index (χ2n) is 8.14. The lowest BCUT2D eigenvalue weighted by Gasteiger charge is -2.34. The SMILES string of the molecule is CC(=O)N1CCN(C(=O)c2c(C(C)C)nn(-c3ccc(Cl)cc3)c2C(C)C)CC1. The maximum Gasteiger partial charge on any atom is 0.257 e. The number of carbonyl (C=O) groups is 2. The van der Waals surface area contributed by atoms with Crippen molar-refractivity contribution in [2.75, 3.05) is 26.2 Å². The highest BCUT2D eigenvalue weighted by molar-refractivity contribution is 6.30. The molecule has 0 aliphatic carbocycles. The van der Waals surface area contributed by atoms with E-state index in [1.165, 1.54) is 0 Å². The summed E-state index contributed by atoms with van der Waals surface area (Å²) in [6.07, 6.45) is 0. The Morgan fingerprint density at radius 2 is 1.48 bits per heavy atom. The van der Waals surface area contributed by atoms with E-state index in [1.807, 2.05) is 33.8 Å². The topological polar surface area (TPSA) is 58.4 Å². The molecule has 6 nitrogen and oxygen atoms in total. The van der Waals surface area contributed by atoms with Crippen molar-refractivity contribution in [1.29, 1.82) is 0 Å². The van der Waals surface area contributed by atoms with Crippen LogP contribution in [0.3, 0.4) is 0 Å². The van der Waals surface area contributed by atoms with Crippen molar-refractivity contribution in [3.8, 4) is 5.69 Å². The molecule has 2 amide bonds. The van der Waals surface area contributed by atoms with Crippen molar-refractivity contribution in [3.05, 3.63) is 46.2 Å². The summed E-state index contributed by atoms with van der Waals surface area (Å²) in [5, 5.41) is 5.51. The maximum absolute atomic E-state index is 13.6. The zero-order valence-electron chi connectivity index (χ0n) is 17.8. The minimum absolute atomic E-state index is 0.000755. The van der Waals surface area contributed by atoms with Crippen LogP contribution in [0.2, 0.25) is 5.02 Å². The molecule has 0 spiro atoms. The van der Waals surface area contributed by atoms with Gasteiger partial charge in [-0.15, -0.1) is 0 Å². The highest BCUT2D eigenvalue weighted by atomic mass is 35.5. The number of halogens is 1. The van der Waals surface area contributed by atoms with Gasteiger partial charge in [0.2, 0.25) is 5.91 Å². The first kappa shape index (κ1) is 21.4. The van der Waals surface area contributed by atoms with Gasteiger partial charge in [-0.3, -0.25) is 9.59 Å². The van der Waals surface area contributed by atoms with Crippen LogP contribution in [0.15, 0.2) is 24.3 Å². The van der Waals surface area contributed by atoms with E-state index in [0.717, 1.165) is 17.1 Å². The Morgan fingerprint density at radius 3 is 1.97 bits per heavy atom. The van der Waals surface area contributed by atoms with Crippen LogP contribution in [-0.4, -0.2) is 57.6 Å². The van der Waals surface area contributed by atoms with Gasteiger partial charge in [-0.05, 0) is 36.1 Å². The Hall–Kier alpha value is -2.34. The zero-order chi connectivity index (χ0) is 21.3. The molecule has 0 unspecified atom stereocenters. The van der Waals surface area contributed by atoms with E-state index in [4.69, 9.17) is 16.7 Å². The molecule has 7 heteroatoms. The molecule has 1 fully saturated rings. The highest BCUT2D eigenvalue weighted by Gasteiger charge is 2.32. The number of hydrogen-bond donors (Lipinski definition) is 0. The monoisotopic (exact) mass is 416 g/mol. The summed E-state index contributed by atoms with van der Waals surface area (Å²) in [6, 6.07) is 7.51. The average Bonchev–Trinajstić information content (AvgIpc) is 3.09. The predicted octanol–water partition coefficient (Wildman–Crippen LogP) is 4.08. The number of piperazine rings is 1. The molecule has 2 heterocycles. The summed E-state index contributed by atoms with van der Waals surface area (Å²) in [7, 11) is 0. The van der Waals surface area contributed by atoms with Crippen LogP contribution in [0, 0.1) is 0 Å². The number of rotatable bonds is 4. The summed E-state index contributed by atoms with van der Waals surface area (Å²) >= 11 is 6.06. The fraction of sp³-hybridized carbons (Fsp3) is 0.500. The molecule has 0 atom stereocenters. The lowest BCUT2D eigenvalue weighted by molar-refractivity contribution is -0.130. The number of benzene rings is 1. The smallest absolute Gasteiger partial charge is 0.257 e. The van der Waals surface area contributed by atoms with Crippen LogP contribution in [0.25, 0.3) is 5.69 Å². The summed E-state index contributed by atoms with van der Waals surface area (Å²) < 4.78 is 1.88. The molecular weight excluding hydrogens is 388 g/mol. The lowest BCUT2D eigenvalue weighted by Crippen LogP contribution is -2.50. The fourth-order valence-corrected chi connectivity index (χ4v) is 3.89. The van der Waals surface area contributed by atoms with E-state index < -0.39 is 0 Å². The molecule has 3 rings (SSSR count). The largest absolute Gasteiger partial charge is 0.339 e. The molecule has 156 valence electrons. The van der Waals surface area contributed by atoms with Crippen molar-refractivity contribution in [3.63, 3.8) is 0 Å².